The monoisotopic (exact) mass is 474 g/mol. The van der Waals surface area contributed by atoms with Crippen molar-refractivity contribution < 1.29 is 9.53 Å². The first-order valence-electron chi connectivity index (χ1n) is 10.4. The number of carbonyl (C=O) groups excluding carboxylic acids is 1. The van der Waals surface area contributed by atoms with Gasteiger partial charge in [0.05, 0.1) is 23.3 Å². The summed E-state index contributed by atoms with van der Waals surface area (Å²) in [5.74, 6) is 2.03. The third kappa shape index (κ3) is 6.35. The third-order valence-corrected chi connectivity index (χ3v) is 7.76. The van der Waals surface area contributed by atoms with Gasteiger partial charge in [-0.05, 0) is 43.3 Å². The largest absolute Gasteiger partial charge is 0.376 e. The molecule has 6 nitrogen and oxygen atoms in total. The van der Waals surface area contributed by atoms with E-state index in [1.54, 1.807) is 23.1 Å². The molecule has 0 radical (unpaired) electrons. The van der Waals surface area contributed by atoms with Crippen LogP contribution >= 0.6 is 34.9 Å². The molecular formula is C22H26N4O2S3. The van der Waals surface area contributed by atoms with E-state index in [1.807, 2.05) is 17.5 Å². The molecule has 1 saturated heterocycles. The molecule has 164 valence electrons. The van der Waals surface area contributed by atoms with Gasteiger partial charge in [-0.15, -0.1) is 33.3 Å². The minimum atomic E-state index is 0.0128. The van der Waals surface area contributed by atoms with E-state index in [4.69, 9.17) is 4.74 Å². The normalized spacial score (nSPS) is 16.0. The van der Waals surface area contributed by atoms with Gasteiger partial charge >= 0.3 is 0 Å². The Morgan fingerprint density at radius 1 is 1.26 bits per heavy atom. The third-order valence-electron chi connectivity index (χ3n) is 4.91. The van der Waals surface area contributed by atoms with E-state index >= 15 is 0 Å². The van der Waals surface area contributed by atoms with Crippen LogP contribution in [-0.4, -0.2) is 51.4 Å². The Bertz CT molecular complexity index is 967. The summed E-state index contributed by atoms with van der Waals surface area (Å²) < 4.78 is 7.93. The molecule has 1 aliphatic heterocycles. The number of aromatic nitrogens is 3. The van der Waals surface area contributed by atoms with Gasteiger partial charge in [-0.1, -0.05) is 35.5 Å². The average Bonchev–Trinajstić information content (AvgIpc) is 3.54. The van der Waals surface area contributed by atoms with E-state index < -0.39 is 0 Å². The number of hydrogen-bond donors (Lipinski definition) is 1. The van der Waals surface area contributed by atoms with Crippen molar-refractivity contribution in [1.82, 2.24) is 20.1 Å². The summed E-state index contributed by atoms with van der Waals surface area (Å²) in [6.45, 7) is 4.25. The van der Waals surface area contributed by atoms with Gasteiger partial charge in [0, 0.05) is 23.8 Å². The maximum atomic E-state index is 12.3. The predicted octanol–water partition coefficient (Wildman–Crippen LogP) is 4.49. The van der Waals surface area contributed by atoms with Crippen LogP contribution in [0.1, 0.15) is 18.4 Å². The maximum Gasteiger partial charge on any atom is 0.230 e. The van der Waals surface area contributed by atoms with Crippen molar-refractivity contribution in [2.45, 2.75) is 42.5 Å². The lowest BCUT2D eigenvalue weighted by Gasteiger charge is -2.14. The number of aryl methyl sites for hydroxylation is 1. The number of rotatable bonds is 10. The smallest absolute Gasteiger partial charge is 0.230 e. The first kappa shape index (κ1) is 22.4. The van der Waals surface area contributed by atoms with E-state index in [0.717, 1.165) is 47.6 Å². The van der Waals surface area contributed by atoms with Crippen LogP contribution in [0.5, 0.6) is 0 Å². The van der Waals surface area contributed by atoms with E-state index in [1.165, 1.54) is 22.2 Å². The molecular weight excluding hydrogens is 448 g/mol. The van der Waals surface area contributed by atoms with Crippen LogP contribution in [0.25, 0.3) is 10.7 Å². The van der Waals surface area contributed by atoms with Crippen molar-refractivity contribution in [2.75, 3.05) is 24.7 Å². The summed E-state index contributed by atoms with van der Waals surface area (Å²) in [6.07, 6.45) is 2.32. The second kappa shape index (κ2) is 11.2. The van der Waals surface area contributed by atoms with Crippen molar-refractivity contribution >= 4 is 40.8 Å². The molecule has 1 atom stereocenters. The molecule has 1 fully saturated rings. The van der Waals surface area contributed by atoms with Gasteiger partial charge in [0.2, 0.25) is 5.91 Å². The SMILES string of the molecule is Cc1ccc(SCCNC(=O)CSc2nnc(-c3cccs3)n2CC2CCCO2)cc1. The van der Waals surface area contributed by atoms with E-state index in [0.29, 0.717) is 12.3 Å². The van der Waals surface area contributed by atoms with Gasteiger partial charge in [-0.25, -0.2) is 0 Å². The second-order valence-corrected chi connectivity index (χ2v) is 10.4. The Morgan fingerprint density at radius 2 is 2.13 bits per heavy atom. The molecule has 1 unspecified atom stereocenters. The molecule has 1 amide bonds. The fourth-order valence-corrected chi connectivity index (χ4v) is 5.58. The first-order valence-corrected chi connectivity index (χ1v) is 13.2. The van der Waals surface area contributed by atoms with Crippen molar-refractivity contribution in [3.8, 4) is 10.7 Å². The van der Waals surface area contributed by atoms with Crippen molar-refractivity contribution in [3.63, 3.8) is 0 Å². The molecule has 1 aliphatic rings. The fraction of sp³-hybridized carbons (Fsp3) is 0.409. The van der Waals surface area contributed by atoms with Crippen LogP contribution in [0.4, 0.5) is 0 Å². The van der Waals surface area contributed by atoms with Gasteiger partial charge in [-0.2, -0.15) is 0 Å². The highest BCUT2D eigenvalue weighted by molar-refractivity contribution is 7.99. The maximum absolute atomic E-state index is 12.3. The number of nitrogens with zero attached hydrogens (tertiary/aromatic N) is 3. The molecule has 0 aliphatic carbocycles. The van der Waals surface area contributed by atoms with Crippen LogP contribution in [0.3, 0.4) is 0 Å². The summed E-state index contributed by atoms with van der Waals surface area (Å²) >= 11 is 4.82. The van der Waals surface area contributed by atoms with E-state index in [2.05, 4.69) is 51.3 Å². The summed E-state index contributed by atoms with van der Waals surface area (Å²) in [5.41, 5.74) is 1.25. The van der Waals surface area contributed by atoms with Crippen molar-refractivity contribution in [1.29, 1.82) is 0 Å². The number of thiophene rings is 1. The molecule has 3 heterocycles. The van der Waals surface area contributed by atoms with Crippen molar-refractivity contribution in [2.24, 2.45) is 0 Å². The van der Waals surface area contributed by atoms with Crippen molar-refractivity contribution in [3.05, 3.63) is 47.3 Å². The first-order chi connectivity index (χ1) is 15.2. The van der Waals surface area contributed by atoms with Crippen LogP contribution < -0.4 is 5.32 Å². The number of benzene rings is 1. The standard InChI is InChI=1S/C22H26N4O2S3/c1-16-6-8-18(9-7-16)29-13-10-23-20(27)15-31-22-25-24-21(19-5-3-12-30-19)26(22)14-17-4-2-11-28-17/h3,5-9,12,17H,2,4,10-11,13-15H2,1H3,(H,23,27). The Morgan fingerprint density at radius 3 is 2.87 bits per heavy atom. The van der Waals surface area contributed by atoms with Gasteiger partial charge < -0.3 is 10.1 Å². The fourth-order valence-electron chi connectivity index (χ4n) is 3.32. The molecule has 4 rings (SSSR count). The van der Waals surface area contributed by atoms with E-state index in [9.17, 15) is 4.79 Å². The highest BCUT2D eigenvalue weighted by atomic mass is 32.2. The number of nitrogens with one attached hydrogen (secondary N) is 1. The molecule has 3 aromatic rings. The topological polar surface area (TPSA) is 69.0 Å². The number of hydrogen-bond acceptors (Lipinski definition) is 7. The summed E-state index contributed by atoms with van der Waals surface area (Å²) in [7, 11) is 0. The van der Waals surface area contributed by atoms with E-state index in [-0.39, 0.29) is 12.0 Å². The zero-order valence-corrected chi connectivity index (χ0v) is 19.9. The number of ether oxygens (including phenoxy) is 1. The minimum Gasteiger partial charge on any atom is -0.376 e. The Hall–Kier alpha value is -1.81. The summed E-state index contributed by atoms with van der Waals surface area (Å²) in [4.78, 5) is 14.6. The van der Waals surface area contributed by atoms with Crippen LogP contribution in [0.2, 0.25) is 0 Å². The second-order valence-electron chi connectivity index (χ2n) is 7.33. The Labute approximate surface area is 195 Å². The number of carbonyl (C=O) groups is 1. The van der Waals surface area contributed by atoms with Gasteiger partial charge in [0.25, 0.3) is 0 Å². The Balaban J connectivity index is 1.29. The average molecular weight is 475 g/mol. The molecule has 0 bridgehead atoms. The molecule has 31 heavy (non-hydrogen) atoms. The quantitative estimate of drug-likeness (QED) is 0.345. The molecule has 1 aromatic carbocycles. The zero-order valence-electron chi connectivity index (χ0n) is 17.5. The zero-order chi connectivity index (χ0) is 21.5. The molecule has 2 aromatic heterocycles. The highest BCUT2D eigenvalue weighted by Crippen LogP contribution is 2.29. The van der Waals surface area contributed by atoms with Gasteiger partial charge in [-0.3, -0.25) is 9.36 Å². The van der Waals surface area contributed by atoms with Gasteiger partial charge in [0.1, 0.15) is 0 Å². The predicted molar refractivity (Wildman–Crippen MR) is 128 cm³/mol. The van der Waals surface area contributed by atoms with Crippen LogP contribution in [-0.2, 0) is 16.1 Å². The lowest BCUT2D eigenvalue weighted by Crippen LogP contribution is -2.27. The van der Waals surface area contributed by atoms with Gasteiger partial charge in [0.15, 0.2) is 11.0 Å². The highest BCUT2D eigenvalue weighted by Gasteiger charge is 2.22. The summed E-state index contributed by atoms with van der Waals surface area (Å²) in [5, 5.41) is 14.6. The molecule has 9 heteroatoms. The van der Waals surface area contributed by atoms with Crippen LogP contribution in [0, 0.1) is 6.92 Å². The number of thioether (sulfide) groups is 2. The molecule has 0 spiro atoms. The number of amides is 1. The summed E-state index contributed by atoms with van der Waals surface area (Å²) in [6, 6.07) is 12.5. The minimum absolute atomic E-state index is 0.0128. The molecule has 1 N–H and O–H groups in total. The lowest BCUT2D eigenvalue weighted by atomic mass is 10.2. The molecule has 0 saturated carbocycles. The lowest BCUT2D eigenvalue weighted by molar-refractivity contribution is -0.118. The Kier molecular flexibility index (Phi) is 8.07. The van der Waals surface area contributed by atoms with Crippen LogP contribution in [0.15, 0.2) is 51.8 Å².